The molecule has 2 nitrogen and oxygen atoms in total. The summed E-state index contributed by atoms with van der Waals surface area (Å²) in [6, 6.07) is 11.9. The monoisotopic (exact) mass is 368 g/mol. The van der Waals surface area contributed by atoms with E-state index in [4.69, 9.17) is 4.74 Å². The smallest absolute Gasteiger partial charge is 0.125 e. The van der Waals surface area contributed by atoms with Crippen molar-refractivity contribution in [3.8, 4) is 5.75 Å². The molecule has 2 rings (SSSR count). The second kappa shape index (κ2) is 5.92. The number of methoxy groups -OCH3 is 1. The van der Waals surface area contributed by atoms with Gasteiger partial charge in [-0.05, 0) is 71.3 Å². The Morgan fingerprint density at radius 3 is 2.32 bits per heavy atom. The zero-order valence-corrected chi connectivity index (χ0v) is 13.4. The Kier molecular flexibility index (Phi) is 4.47. The van der Waals surface area contributed by atoms with Crippen LogP contribution < -0.4 is 4.74 Å². The van der Waals surface area contributed by atoms with Gasteiger partial charge in [0.05, 0.1) is 7.11 Å². The molecule has 1 N–H and O–H groups in total. The maximum Gasteiger partial charge on any atom is 0.125 e. The van der Waals surface area contributed by atoms with Crippen molar-refractivity contribution in [1.82, 2.24) is 0 Å². The van der Waals surface area contributed by atoms with E-state index in [1.165, 1.54) is 0 Å². The predicted octanol–water partition coefficient (Wildman–Crippen LogP) is 4.00. The van der Waals surface area contributed by atoms with Crippen LogP contribution in [0, 0.1) is 17.4 Å². The maximum atomic E-state index is 10.6. The second-order valence-corrected chi connectivity index (χ2v) is 5.90. The highest BCUT2D eigenvalue weighted by Crippen LogP contribution is 2.33. The maximum absolute atomic E-state index is 10.6. The van der Waals surface area contributed by atoms with Gasteiger partial charge in [-0.1, -0.05) is 18.2 Å². The molecule has 0 saturated heterocycles. The van der Waals surface area contributed by atoms with E-state index in [1.807, 2.05) is 44.2 Å². The lowest BCUT2D eigenvalue weighted by molar-refractivity contribution is 0.214. The van der Waals surface area contributed by atoms with Crippen molar-refractivity contribution in [3.63, 3.8) is 0 Å². The standard InChI is InChI=1S/C16H17IO2/c1-10-8-11(2)15(14(9-10)19-3)16(18)12-4-6-13(17)7-5-12/h4-9,16,18H,1-3H3. The molecule has 0 radical (unpaired) electrons. The summed E-state index contributed by atoms with van der Waals surface area (Å²) >= 11 is 2.25. The van der Waals surface area contributed by atoms with E-state index in [9.17, 15) is 5.11 Å². The van der Waals surface area contributed by atoms with Crippen LogP contribution in [0.1, 0.15) is 28.4 Å². The van der Waals surface area contributed by atoms with E-state index in [-0.39, 0.29) is 0 Å². The molecular formula is C16H17IO2. The van der Waals surface area contributed by atoms with Crippen LogP contribution in [-0.2, 0) is 0 Å². The van der Waals surface area contributed by atoms with E-state index >= 15 is 0 Å². The zero-order chi connectivity index (χ0) is 14.0. The third kappa shape index (κ3) is 3.09. The summed E-state index contributed by atoms with van der Waals surface area (Å²) in [5.41, 5.74) is 3.90. The Morgan fingerprint density at radius 1 is 1.11 bits per heavy atom. The van der Waals surface area contributed by atoms with Gasteiger partial charge in [0.15, 0.2) is 0 Å². The molecule has 0 aliphatic rings. The van der Waals surface area contributed by atoms with Gasteiger partial charge in [0, 0.05) is 9.13 Å². The van der Waals surface area contributed by atoms with Crippen LogP contribution in [0.5, 0.6) is 5.75 Å². The molecule has 3 heteroatoms. The van der Waals surface area contributed by atoms with Crippen molar-refractivity contribution >= 4 is 22.6 Å². The molecule has 1 atom stereocenters. The summed E-state index contributed by atoms with van der Waals surface area (Å²) < 4.78 is 6.57. The third-order valence-corrected chi connectivity index (χ3v) is 3.89. The lowest BCUT2D eigenvalue weighted by Gasteiger charge is -2.18. The molecule has 0 heterocycles. The molecule has 0 fully saturated rings. The Labute approximate surface area is 127 Å². The summed E-state index contributed by atoms with van der Waals surface area (Å²) in [4.78, 5) is 0. The highest BCUT2D eigenvalue weighted by molar-refractivity contribution is 14.1. The lowest BCUT2D eigenvalue weighted by Crippen LogP contribution is -2.05. The second-order valence-electron chi connectivity index (χ2n) is 4.65. The Hall–Kier alpha value is -1.07. The van der Waals surface area contributed by atoms with Crippen LogP contribution in [0.4, 0.5) is 0 Å². The number of hydrogen-bond donors (Lipinski definition) is 1. The van der Waals surface area contributed by atoms with Crippen LogP contribution >= 0.6 is 22.6 Å². The summed E-state index contributed by atoms with van der Waals surface area (Å²) in [5.74, 6) is 0.739. The fraction of sp³-hybridized carbons (Fsp3) is 0.250. The third-order valence-electron chi connectivity index (χ3n) is 3.17. The predicted molar refractivity (Wildman–Crippen MR) is 85.7 cm³/mol. The number of aliphatic hydroxyl groups excluding tert-OH is 1. The van der Waals surface area contributed by atoms with E-state index in [0.717, 1.165) is 31.6 Å². The van der Waals surface area contributed by atoms with Gasteiger partial charge < -0.3 is 9.84 Å². The largest absolute Gasteiger partial charge is 0.496 e. The minimum Gasteiger partial charge on any atom is -0.496 e. The van der Waals surface area contributed by atoms with Gasteiger partial charge in [0.2, 0.25) is 0 Å². The van der Waals surface area contributed by atoms with Crippen LogP contribution in [0.25, 0.3) is 0 Å². The highest BCUT2D eigenvalue weighted by atomic mass is 127. The van der Waals surface area contributed by atoms with E-state index in [1.54, 1.807) is 7.11 Å². The molecular weight excluding hydrogens is 351 g/mol. The van der Waals surface area contributed by atoms with Crippen molar-refractivity contribution < 1.29 is 9.84 Å². The fourth-order valence-electron chi connectivity index (χ4n) is 2.27. The van der Waals surface area contributed by atoms with E-state index < -0.39 is 6.10 Å². The molecule has 1 unspecified atom stereocenters. The molecule has 2 aromatic carbocycles. The van der Waals surface area contributed by atoms with Crippen LogP contribution in [0.2, 0.25) is 0 Å². The van der Waals surface area contributed by atoms with E-state index in [0.29, 0.717) is 0 Å². The van der Waals surface area contributed by atoms with Gasteiger partial charge >= 0.3 is 0 Å². The first-order chi connectivity index (χ1) is 9.02. The fourth-order valence-corrected chi connectivity index (χ4v) is 2.63. The minimum atomic E-state index is -0.660. The molecule has 2 aromatic rings. The number of halogens is 1. The first-order valence-electron chi connectivity index (χ1n) is 6.11. The molecule has 100 valence electrons. The molecule has 0 spiro atoms. The van der Waals surface area contributed by atoms with Crippen molar-refractivity contribution in [3.05, 3.63) is 62.2 Å². The summed E-state index contributed by atoms with van der Waals surface area (Å²) in [7, 11) is 1.64. The minimum absolute atomic E-state index is 0.660. The Morgan fingerprint density at radius 2 is 1.74 bits per heavy atom. The quantitative estimate of drug-likeness (QED) is 0.830. The average molecular weight is 368 g/mol. The summed E-state index contributed by atoms with van der Waals surface area (Å²) in [5, 5.41) is 10.6. The Balaban J connectivity index is 2.49. The van der Waals surface area contributed by atoms with E-state index in [2.05, 4.69) is 28.7 Å². The van der Waals surface area contributed by atoms with Crippen molar-refractivity contribution in [1.29, 1.82) is 0 Å². The molecule has 0 saturated carbocycles. The summed E-state index contributed by atoms with van der Waals surface area (Å²) in [6.45, 7) is 4.03. The van der Waals surface area contributed by atoms with Crippen molar-refractivity contribution in [2.24, 2.45) is 0 Å². The number of rotatable bonds is 3. The number of aryl methyl sites for hydroxylation is 2. The first kappa shape index (κ1) is 14.3. The normalized spacial score (nSPS) is 12.3. The molecule has 0 aromatic heterocycles. The van der Waals surface area contributed by atoms with Crippen LogP contribution in [0.15, 0.2) is 36.4 Å². The molecule has 19 heavy (non-hydrogen) atoms. The van der Waals surface area contributed by atoms with Crippen molar-refractivity contribution in [2.75, 3.05) is 7.11 Å². The van der Waals surface area contributed by atoms with Crippen LogP contribution in [-0.4, -0.2) is 12.2 Å². The SMILES string of the molecule is COc1cc(C)cc(C)c1C(O)c1ccc(I)cc1. The number of hydrogen-bond acceptors (Lipinski definition) is 2. The highest BCUT2D eigenvalue weighted by Gasteiger charge is 2.18. The molecule has 0 amide bonds. The molecule has 0 aliphatic carbocycles. The number of benzene rings is 2. The van der Waals surface area contributed by atoms with Gasteiger partial charge in [0.1, 0.15) is 11.9 Å². The first-order valence-corrected chi connectivity index (χ1v) is 7.19. The number of aliphatic hydroxyl groups is 1. The van der Waals surface area contributed by atoms with Gasteiger partial charge in [-0.15, -0.1) is 0 Å². The zero-order valence-electron chi connectivity index (χ0n) is 11.3. The summed E-state index contributed by atoms with van der Waals surface area (Å²) in [6.07, 6.45) is -0.660. The van der Waals surface area contributed by atoms with Gasteiger partial charge in [0.25, 0.3) is 0 Å². The molecule has 0 bridgehead atoms. The van der Waals surface area contributed by atoms with Gasteiger partial charge in [-0.25, -0.2) is 0 Å². The van der Waals surface area contributed by atoms with Gasteiger partial charge in [-0.3, -0.25) is 0 Å². The topological polar surface area (TPSA) is 29.5 Å². The lowest BCUT2D eigenvalue weighted by atomic mass is 9.95. The Bertz CT molecular complexity index is 576. The van der Waals surface area contributed by atoms with Crippen molar-refractivity contribution in [2.45, 2.75) is 20.0 Å². The molecule has 0 aliphatic heterocycles. The van der Waals surface area contributed by atoms with Crippen LogP contribution in [0.3, 0.4) is 0 Å². The average Bonchev–Trinajstić information content (AvgIpc) is 2.38. The number of ether oxygens (including phenoxy) is 1. The van der Waals surface area contributed by atoms with Gasteiger partial charge in [-0.2, -0.15) is 0 Å².